The second-order valence-electron chi connectivity index (χ2n) is 7.74. The number of ether oxygens (including phenoxy) is 2. The van der Waals surface area contributed by atoms with Crippen molar-refractivity contribution in [3.63, 3.8) is 0 Å². The van der Waals surface area contributed by atoms with Gasteiger partial charge in [-0.15, -0.1) is 10.2 Å². The fraction of sp³-hybridized carbons (Fsp3) is 0.348. The van der Waals surface area contributed by atoms with Crippen molar-refractivity contribution < 1.29 is 13.9 Å². The van der Waals surface area contributed by atoms with Crippen molar-refractivity contribution in [3.05, 3.63) is 66.1 Å². The minimum absolute atomic E-state index is 0.253. The largest absolute Gasteiger partial charge is 0.496 e. The van der Waals surface area contributed by atoms with Crippen molar-refractivity contribution in [1.82, 2.24) is 24.4 Å². The fourth-order valence-corrected chi connectivity index (χ4v) is 4.24. The Morgan fingerprint density at radius 3 is 2.87 bits per heavy atom. The lowest BCUT2D eigenvalue weighted by Gasteiger charge is -2.22. The van der Waals surface area contributed by atoms with E-state index in [-0.39, 0.29) is 5.82 Å². The summed E-state index contributed by atoms with van der Waals surface area (Å²) >= 11 is 0. The van der Waals surface area contributed by atoms with Crippen LogP contribution in [0.1, 0.15) is 30.1 Å². The summed E-state index contributed by atoms with van der Waals surface area (Å²) in [5, 5.41) is 13.0. The Morgan fingerprint density at radius 1 is 1.16 bits per heavy atom. The van der Waals surface area contributed by atoms with E-state index in [4.69, 9.17) is 9.47 Å². The number of halogens is 1. The highest BCUT2D eigenvalue weighted by Gasteiger charge is 2.18. The highest BCUT2D eigenvalue weighted by atomic mass is 19.1. The number of aromatic nitrogens is 5. The molecule has 5 rings (SSSR count). The van der Waals surface area contributed by atoms with Crippen molar-refractivity contribution in [2.45, 2.75) is 31.7 Å². The van der Waals surface area contributed by atoms with E-state index in [2.05, 4.69) is 21.5 Å². The van der Waals surface area contributed by atoms with Crippen LogP contribution in [0.4, 0.5) is 4.39 Å². The van der Waals surface area contributed by atoms with Crippen LogP contribution in [-0.2, 0) is 17.6 Å². The molecule has 0 N–H and O–H groups in total. The molecule has 1 aromatic carbocycles. The van der Waals surface area contributed by atoms with Gasteiger partial charge in [0.1, 0.15) is 17.9 Å². The van der Waals surface area contributed by atoms with E-state index in [9.17, 15) is 4.39 Å². The molecule has 0 unspecified atom stereocenters. The van der Waals surface area contributed by atoms with Gasteiger partial charge in [0.2, 0.25) is 0 Å². The van der Waals surface area contributed by atoms with Gasteiger partial charge in [-0.05, 0) is 49.9 Å². The summed E-state index contributed by atoms with van der Waals surface area (Å²) < 4.78 is 29.1. The van der Waals surface area contributed by atoms with Gasteiger partial charge in [0.25, 0.3) is 0 Å². The average molecular weight is 421 g/mol. The van der Waals surface area contributed by atoms with Crippen LogP contribution in [0, 0.1) is 5.82 Å². The Bertz CT molecular complexity index is 1200. The first-order valence-corrected chi connectivity index (χ1v) is 10.5. The molecule has 0 amide bonds. The second-order valence-corrected chi connectivity index (χ2v) is 7.74. The molecule has 0 radical (unpaired) electrons. The third-order valence-electron chi connectivity index (χ3n) is 5.94. The molecule has 1 fully saturated rings. The third kappa shape index (κ3) is 3.79. The van der Waals surface area contributed by atoms with Gasteiger partial charge in [0.15, 0.2) is 5.65 Å². The van der Waals surface area contributed by atoms with Gasteiger partial charge in [0.05, 0.1) is 19.3 Å². The molecule has 0 atom stereocenters. The van der Waals surface area contributed by atoms with Gasteiger partial charge in [-0.25, -0.2) is 4.39 Å². The zero-order valence-electron chi connectivity index (χ0n) is 17.4. The van der Waals surface area contributed by atoms with E-state index >= 15 is 0 Å². The Kier molecular flexibility index (Phi) is 5.38. The molecule has 0 bridgehead atoms. The number of hydrogen-bond acceptors (Lipinski definition) is 5. The Balaban J connectivity index is 1.42. The number of hydrogen-bond donors (Lipinski definition) is 0. The van der Waals surface area contributed by atoms with Gasteiger partial charge in [-0.3, -0.25) is 9.08 Å². The van der Waals surface area contributed by atoms with E-state index < -0.39 is 0 Å². The average Bonchev–Trinajstić information content (AvgIpc) is 3.49. The summed E-state index contributed by atoms with van der Waals surface area (Å²) in [4.78, 5) is 0. The van der Waals surface area contributed by atoms with E-state index in [1.165, 1.54) is 6.07 Å². The van der Waals surface area contributed by atoms with Gasteiger partial charge in [-0.2, -0.15) is 5.10 Å². The van der Waals surface area contributed by atoms with E-state index in [0.29, 0.717) is 30.2 Å². The Hall–Kier alpha value is -3.26. The summed E-state index contributed by atoms with van der Waals surface area (Å²) in [6.45, 7) is 1.55. The maximum atomic E-state index is 14.3. The molecular formula is C23H24FN5O2. The van der Waals surface area contributed by atoms with Crippen LogP contribution in [0.5, 0.6) is 5.75 Å². The molecule has 31 heavy (non-hydrogen) atoms. The van der Waals surface area contributed by atoms with Crippen LogP contribution < -0.4 is 4.74 Å². The standard InChI is InChI=1S/C23H24FN5O2/c1-30-22-4-2-3-21(24)20(22)8-6-17-5-7-19(23-27-25-15-28(17)23)16-13-26-29(14-16)18-9-11-31-12-10-18/h2-5,7,13-15,18H,6,8-12H2,1H3. The Labute approximate surface area is 179 Å². The molecular weight excluding hydrogens is 397 g/mol. The first-order valence-electron chi connectivity index (χ1n) is 10.5. The van der Waals surface area contributed by atoms with E-state index in [1.54, 1.807) is 25.6 Å². The molecule has 8 heteroatoms. The van der Waals surface area contributed by atoms with Crippen molar-refractivity contribution in [2.75, 3.05) is 20.3 Å². The summed E-state index contributed by atoms with van der Waals surface area (Å²) in [5.41, 5.74) is 4.33. The number of methoxy groups -OCH3 is 1. The Morgan fingerprint density at radius 2 is 2.03 bits per heavy atom. The van der Waals surface area contributed by atoms with Crippen molar-refractivity contribution >= 4 is 5.65 Å². The predicted molar refractivity (Wildman–Crippen MR) is 114 cm³/mol. The van der Waals surface area contributed by atoms with Gasteiger partial charge >= 0.3 is 0 Å². The summed E-state index contributed by atoms with van der Waals surface area (Å²) in [5.74, 6) is 0.314. The molecule has 4 heterocycles. The van der Waals surface area contributed by atoms with Gasteiger partial charge in [-0.1, -0.05) is 6.07 Å². The smallest absolute Gasteiger partial charge is 0.168 e. The molecule has 3 aromatic heterocycles. The molecule has 1 aliphatic heterocycles. The lowest BCUT2D eigenvalue weighted by molar-refractivity contribution is 0.0662. The summed E-state index contributed by atoms with van der Waals surface area (Å²) in [6.07, 6.45) is 8.75. The van der Waals surface area contributed by atoms with Crippen LogP contribution in [0.25, 0.3) is 16.8 Å². The quantitative estimate of drug-likeness (QED) is 0.473. The van der Waals surface area contributed by atoms with Crippen molar-refractivity contribution in [1.29, 1.82) is 0 Å². The van der Waals surface area contributed by atoms with Gasteiger partial charge in [0, 0.05) is 41.8 Å². The third-order valence-corrected chi connectivity index (χ3v) is 5.94. The number of fused-ring (bicyclic) bond motifs is 1. The molecule has 7 nitrogen and oxygen atoms in total. The number of pyridine rings is 1. The monoisotopic (exact) mass is 421 g/mol. The maximum Gasteiger partial charge on any atom is 0.168 e. The molecule has 160 valence electrons. The summed E-state index contributed by atoms with van der Waals surface area (Å²) in [6, 6.07) is 9.36. The predicted octanol–water partition coefficient (Wildman–Crippen LogP) is 3.88. The lowest BCUT2D eigenvalue weighted by atomic mass is 10.0. The van der Waals surface area contributed by atoms with E-state index in [0.717, 1.165) is 48.5 Å². The van der Waals surface area contributed by atoms with Crippen LogP contribution in [0.2, 0.25) is 0 Å². The maximum absolute atomic E-state index is 14.3. The number of nitrogens with zero attached hydrogens (tertiary/aromatic N) is 5. The first-order chi connectivity index (χ1) is 15.2. The number of aryl methyl sites for hydroxylation is 1. The first kappa shape index (κ1) is 19.7. The molecule has 0 spiro atoms. The molecule has 4 aromatic rings. The van der Waals surface area contributed by atoms with Crippen LogP contribution in [0.3, 0.4) is 0 Å². The van der Waals surface area contributed by atoms with Crippen molar-refractivity contribution in [3.8, 4) is 16.9 Å². The van der Waals surface area contributed by atoms with Crippen molar-refractivity contribution in [2.24, 2.45) is 0 Å². The molecule has 0 aliphatic carbocycles. The minimum Gasteiger partial charge on any atom is -0.496 e. The fourth-order valence-electron chi connectivity index (χ4n) is 4.24. The van der Waals surface area contributed by atoms with Crippen LogP contribution in [0.15, 0.2) is 49.1 Å². The topological polar surface area (TPSA) is 66.5 Å². The zero-order chi connectivity index (χ0) is 21.2. The highest BCUT2D eigenvalue weighted by molar-refractivity contribution is 5.76. The van der Waals surface area contributed by atoms with Gasteiger partial charge < -0.3 is 9.47 Å². The second kappa shape index (κ2) is 8.47. The zero-order valence-corrected chi connectivity index (χ0v) is 17.4. The molecule has 1 aliphatic rings. The van der Waals surface area contributed by atoms with Crippen LogP contribution >= 0.6 is 0 Å². The lowest BCUT2D eigenvalue weighted by Crippen LogP contribution is -2.19. The van der Waals surface area contributed by atoms with Crippen LogP contribution in [-0.4, -0.2) is 44.7 Å². The normalized spacial score (nSPS) is 14.9. The number of benzene rings is 1. The molecule has 0 saturated carbocycles. The van der Waals surface area contributed by atoms with E-state index in [1.807, 2.05) is 27.4 Å². The molecule has 1 saturated heterocycles. The number of rotatable bonds is 6. The SMILES string of the molecule is COc1cccc(F)c1CCc1ccc(-c2cnn(C3CCOCC3)c2)c2nncn12. The summed E-state index contributed by atoms with van der Waals surface area (Å²) in [7, 11) is 1.56. The highest BCUT2D eigenvalue weighted by Crippen LogP contribution is 2.28. The minimum atomic E-state index is -0.253.